The Balaban J connectivity index is 1.96. The molecule has 2 rings (SSSR count). The first kappa shape index (κ1) is 17.4. The maximum Gasteiger partial charge on any atom is 0.342 e. The van der Waals surface area contributed by atoms with Crippen LogP contribution in [-0.2, 0) is 16.1 Å². The molecule has 128 valence electrons. The number of carbonyl (C=O) groups excluding carboxylic acids is 2. The van der Waals surface area contributed by atoms with Crippen molar-refractivity contribution in [2.75, 3.05) is 14.2 Å². The zero-order valence-electron chi connectivity index (χ0n) is 13.7. The van der Waals surface area contributed by atoms with Crippen molar-refractivity contribution in [1.29, 1.82) is 0 Å². The van der Waals surface area contributed by atoms with Gasteiger partial charge in [-0.15, -0.1) is 0 Å². The van der Waals surface area contributed by atoms with Crippen LogP contribution in [0.25, 0.3) is 0 Å². The summed E-state index contributed by atoms with van der Waals surface area (Å²) >= 11 is 0. The van der Waals surface area contributed by atoms with E-state index in [4.69, 9.17) is 18.6 Å². The molecule has 0 saturated carbocycles. The summed E-state index contributed by atoms with van der Waals surface area (Å²) in [6.07, 6.45) is 0.556. The standard InChI is InChI=1S/C17H19NO6/c1-11(16(19)18-10-13-5-4-8-23-13)24-17(20)14-7-6-12(21-2)9-15(14)22-3/h4-9,11H,10H2,1-3H3,(H,18,19)/t11-/m1/s1. The maximum atomic E-state index is 12.2. The molecule has 1 N–H and O–H groups in total. The van der Waals surface area contributed by atoms with E-state index in [0.717, 1.165) is 0 Å². The van der Waals surface area contributed by atoms with Crippen LogP contribution in [0.1, 0.15) is 23.0 Å². The number of hydrogen-bond donors (Lipinski definition) is 1. The van der Waals surface area contributed by atoms with Crippen molar-refractivity contribution in [3.05, 3.63) is 47.9 Å². The van der Waals surface area contributed by atoms with Crippen LogP contribution in [0, 0.1) is 0 Å². The fourth-order valence-corrected chi connectivity index (χ4v) is 1.98. The Hall–Kier alpha value is -2.96. The molecule has 0 spiro atoms. The Kier molecular flexibility index (Phi) is 5.83. The summed E-state index contributed by atoms with van der Waals surface area (Å²) in [6, 6.07) is 8.16. The van der Waals surface area contributed by atoms with Crippen molar-refractivity contribution in [3.8, 4) is 11.5 Å². The van der Waals surface area contributed by atoms with Gasteiger partial charge in [0.15, 0.2) is 6.10 Å². The SMILES string of the molecule is COc1ccc(C(=O)O[C@H](C)C(=O)NCc2ccco2)c(OC)c1. The third kappa shape index (κ3) is 4.28. The van der Waals surface area contributed by atoms with Gasteiger partial charge in [-0.25, -0.2) is 4.79 Å². The molecule has 0 radical (unpaired) electrons. The number of methoxy groups -OCH3 is 2. The predicted octanol–water partition coefficient (Wildman–Crippen LogP) is 2.16. The predicted molar refractivity (Wildman–Crippen MR) is 85.0 cm³/mol. The minimum atomic E-state index is -0.959. The molecular formula is C17H19NO6. The minimum absolute atomic E-state index is 0.212. The Morgan fingerprint density at radius 2 is 2.00 bits per heavy atom. The quantitative estimate of drug-likeness (QED) is 0.781. The number of rotatable bonds is 7. The average Bonchev–Trinajstić information content (AvgIpc) is 3.12. The van der Waals surface area contributed by atoms with Gasteiger partial charge in [-0.05, 0) is 31.2 Å². The summed E-state index contributed by atoms with van der Waals surface area (Å²) in [5, 5.41) is 2.63. The fraction of sp³-hybridized carbons (Fsp3) is 0.294. The third-order valence-electron chi connectivity index (χ3n) is 3.30. The van der Waals surface area contributed by atoms with E-state index in [1.807, 2.05) is 0 Å². The fourth-order valence-electron chi connectivity index (χ4n) is 1.98. The van der Waals surface area contributed by atoms with E-state index in [9.17, 15) is 9.59 Å². The molecule has 0 aliphatic heterocycles. The highest BCUT2D eigenvalue weighted by atomic mass is 16.5. The molecule has 1 heterocycles. The van der Waals surface area contributed by atoms with Crippen molar-refractivity contribution >= 4 is 11.9 Å². The first-order valence-electron chi connectivity index (χ1n) is 7.28. The van der Waals surface area contributed by atoms with Gasteiger partial charge in [0.25, 0.3) is 5.91 Å². The summed E-state index contributed by atoms with van der Waals surface area (Å²) in [5.74, 6) is 0.385. The number of nitrogens with one attached hydrogen (secondary N) is 1. The van der Waals surface area contributed by atoms with E-state index in [2.05, 4.69) is 5.32 Å². The van der Waals surface area contributed by atoms with Crippen molar-refractivity contribution in [1.82, 2.24) is 5.32 Å². The smallest absolute Gasteiger partial charge is 0.342 e. The first-order valence-corrected chi connectivity index (χ1v) is 7.28. The maximum absolute atomic E-state index is 12.2. The number of furan rings is 1. The molecule has 1 amide bonds. The minimum Gasteiger partial charge on any atom is -0.497 e. The average molecular weight is 333 g/mol. The Bertz CT molecular complexity index is 695. The van der Waals surface area contributed by atoms with Crippen LogP contribution in [0.3, 0.4) is 0 Å². The van der Waals surface area contributed by atoms with Crippen molar-refractivity contribution < 1.29 is 28.2 Å². The second-order valence-electron chi connectivity index (χ2n) is 4.91. The summed E-state index contributed by atoms with van der Waals surface area (Å²) in [7, 11) is 2.95. The Morgan fingerprint density at radius 1 is 1.21 bits per heavy atom. The van der Waals surface area contributed by atoms with E-state index >= 15 is 0 Å². The van der Waals surface area contributed by atoms with Gasteiger partial charge in [-0.3, -0.25) is 4.79 Å². The molecule has 0 fully saturated rings. The van der Waals surface area contributed by atoms with Gasteiger partial charge in [0.2, 0.25) is 0 Å². The van der Waals surface area contributed by atoms with Gasteiger partial charge >= 0.3 is 5.97 Å². The summed E-state index contributed by atoms with van der Waals surface area (Å²) < 4.78 is 20.5. The van der Waals surface area contributed by atoms with Crippen molar-refractivity contribution in [3.63, 3.8) is 0 Å². The number of amides is 1. The zero-order chi connectivity index (χ0) is 17.5. The second kappa shape index (κ2) is 8.05. The van der Waals surface area contributed by atoms with Gasteiger partial charge in [-0.1, -0.05) is 0 Å². The van der Waals surface area contributed by atoms with Crippen molar-refractivity contribution in [2.45, 2.75) is 19.6 Å². The van der Waals surface area contributed by atoms with Crippen LogP contribution in [0.4, 0.5) is 0 Å². The van der Waals surface area contributed by atoms with E-state index in [-0.39, 0.29) is 12.1 Å². The van der Waals surface area contributed by atoms with Crippen LogP contribution < -0.4 is 14.8 Å². The largest absolute Gasteiger partial charge is 0.497 e. The lowest BCUT2D eigenvalue weighted by Gasteiger charge is -2.14. The normalized spacial score (nSPS) is 11.5. The monoisotopic (exact) mass is 333 g/mol. The first-order chi connectivity index (χ1) is 11.5. The van der Waals surface area contributed by atoms with Crippen molar-refractivity contribution in [2.24, 2.45) is 0 Å². The van der Waals surface area contributed by atoms with E-state index < -0.39 is 18.0 Å². The van der Waals surface area contributed by atoms with Crippen LogP contribution in [0.15, 0.2) is 41.0 Å². The van der Waals surface area contributed by atoms with E-state index in [1.165, 1.54) is 33.5 Å². The Morgan fingerprint density at radius 3 is 2.62 bits per heavy atom. The molecule has 1 atom stereocenters. The van der Waals surface area contributed by atoms with Crippen LogP contribution in [0.5, 0.6) is 11.5 Å². The molecule has 0 aliphatic rings. The number of esters is 1. The van der Waals surface area contributed by atoms with Gasteiger partial charge in [0.1, 0.15) is 22.8 Å². The topological polar surface area (TPSA) is 87.0 Å². The van der Waals surface area contributed by atoms with Gasteiger partial charge in [0, 0.05) is 6.07 Å². The highest BCUT2D eigenvalue weighted by Gasteiger charge is 2.21. The second-order valence-corrected chi connectivity index (χ2v) is 4.91. The number of ether oxygens (including phenoxy) is 3. The lowest BCUT2D eigenvalue weighted by molar-refractivity contribution is -0.129. The van der Waals surface area contributed by atoms with E-state index in [0.29, 0.717) is 17.3 Å². The zero-order valence-corrected chi connectivity index (χ0v) is 13.7. The van der Waals surface area contributed by atoms with Gasteiger partial charge in [-0.2, -0.15) is 0 Å². The summed E-state index contributed by atoms with van der Waals surface area (Å²) in [6.45, 7) is 1.71. The molecule has 7 nitrogen and oxygen atoms in total. The number of hydrogen-bond acceptors (Lipinski definition) is 6. The molecule has 0 unspecified atom stereocenters. The van der Waals surface area contributed by atoms with Gasteiger partial charge in [0.05, 0.1) is 27.0 Å². The molecule has 1 aromatic heterocycles. The molecule has 0 aliphatic carbocycles. The van der Waals surface area contributed by atoms with Crippen LogP contribution in [0.2, 0.25) is 0 Å². The molecule has 7 heteroatoms. The molecule has 2 aromatic rings. The Labute approximate surface area is 139 Å². The van der Waals surface area contributed by atoms with Crippen LogP contribution >= 0.6 is 0 Å². The molecular weight excluding hydrogens is 314 g/mol. The van der Waals surface area contributed by atoms with Gasteiger partial charge < -0.3 is 23.9 Å². The number of carbonyl (C=O) groups is 2. The number of benzene rings is 1. The highest BCUT2D eigenvalue weighted by Crippen LogP contribution is 2.25. The third-order valence-corrected chi connectivity index (χ3v) is 3.30. The molecule has 0 bridgehead atoms. The molecule has 0 saturated heterocycles. The lowest BCUT2D eigenvalue weighted by Crippen LogP contribution is -2.35. The van der Waals surface area contributed by atoms with E-state index in [1.54, 1.807) is 24.3 Å². The summed E-state index contributed by atoms with van der Waals surface area (Å²) in [5.41, 5.74) is 0.212. The summed E-state index contributed by atoms with van der Waals surface area (Å²) in [4.78, 5) is 24.2. The molecule has 24 heavy (non-hydrogen) atoms. The highest BCUT2D eigenvalue weighted by molar-refractivity contribution is 5.94. The van der Waals surface area contributed by atoms with Crippen LogP contribution in [-0.4, -0.2) is 32.2 Å². The molecule has 1 aromatic carbocycles. The lowest BCUT2D eigenvalue weighted by atomic mass is 10.2.